The lowest BCUT2D eigenvalue weighted by atomic mass is 10.00. The molecule has 7 nitrogen and oxygen atoms in total. The number of hydrogen-bond acceptors (Lipinski definition) is 4. The number of fused-ring (bicyclic) bond motifs is 3. The molecular formula is C18H15N3O4. The molecule has 1 saturated heterocycles. The van der Waals surface area contributed by atoms with Crippen LogP contribution in [0.15, 0.2) is 42.5 Å². The van der Waals surface area contributed by atoms with E-state index in [2.05, 4.69) is 5.32 Å². The Morgan fingerprint density at radius 3 is 2.68 bits per heavy atom. The number of non-ortho nitro benzene ring substituents is 1. The molecule has 2 aromatic rings. The minimum atomic E-state index is -0.508. The van der Waals surface area contributed by atoms with Gasteiger partial charge in [-0.1, -0.05) is 6.07 Å². The normalized spacial score (nSPS) is 18.0. The highest BCUT2D eigenvalue weighted by Gasteiger charge is 2.41. The van der Waals surface area contributed by atoms with Crippen molar-refractivity contribution < 1.29 is 14.5 Å². The Balaban J connectivity index is 1.63. The van der Waals surface area contributed by atoms with E-state index in [-0.39, 0.29) is 23.5 Å². The average molecular weight is 337 g/mol. The van der Waals surface area contributed by atoms with E-state index >= 15 is 0 Å². The van der Waals surface area contributed by atoms with Gasteiger partial charge in [-0.15, -0.1) is 0 Å². The van der Waals surface area contributed by atoms with Crippen LogP contribution in [0.2, 0.25) is 0 Å². The Hall–Kier alpha value is -3.22. The molecule has 126 valence electrons. The number of nitro benzene ring substituents is 1. The standard InChI is InChI=1S/C18H15N3O4/c22-17(11-6-8-12(9-7-11)21(24)25)19-14-4-1-3-13-16(14)15-5-2-10-20(15)18(13)23/h1,3-4,6-9,15H,2,5,10H2,(H,19,22)/t15-/m1/s1. The highest BCUT2D eigenvalue weighted by molar-refractivity contribution is 6.07. The van der Waals surface area contributed by atoms with Crippen molar-refractivity contribution in [2.45, 2.75) is 18.9 Å². The third kappa shape index (κ3) is 2.44. The first-order valence-electron chi connectivity index (χ1n) is 8.06. The molecule has 0 bridgehead atoms. The molecule has 25 heavy (non-hydrogen) atoms. The molecule has 0 spiro atoms. The predicted molar refractivity (Wildman–Crippen MR) is 90.5 cm³/mol. The van der Waals surface area contributed by atoms with E-state index in [1.54, 1.807) is 18.2 Å². The Labute approximate surface area is 143 Å². The second kappa shape index (κ2) is 5.70. The summed E-state index contributed by atoms with van der Waals surface area (Å²) in [7, 11) is 0. The van der Waals surface area contributed by atoms with E-state index in [4.69, 9.17) is 0 Å². The second-order valence-corrected chi connectivity index (χ2v) is 6.18. The molecule has 2 aromatic carbocycles. The van der Waals surface area contributed by atoms with Crippen molar-refractivity contribution in [3.05, 3.63) is 69.3 Å². The molecule has 2 aliphatic rings. The predicted octanol–water partition coefficient (Wildman–Crippen LogP) is 3.14. The molecule has 4 rings (SSSR count). The van der Waals surface area contributed by atoms with Crippen molar-refractivity contribution in [2.75, 3.05) is 11.9 Å². The molecule has 2 amide bonds. The zero-order chi connectivity index (χ0) is 17.6. The molecule has 0 aromatic heterocycles. The first kappa shape index (κ1) is 15.3. The van der Waals surface area contributed by atoms with Gasteiger partial charge in [0.1, 0.15) is 0 Å². The largest absolute Gasteiger partial charge is 0.331 e. The summed E-state index contributed by atoms with van der Waals surface area (Å²) < 4.78 is 0. The van der Waals surface area contributed by atoms with E-state index in [1.807, 2.05) is 4.90 Å². The van der Waals surface area contributed by atoms with Crippen LogP contribution in [0.3, 0.4) is 0 Å². The van der Waals surface area contributed by atoms with Crippen LogP contribution in [0, 0.1) is 10.1 Å². The molecule has 0 saturated carbocycles. The van der Waals surface area contributed by atoms with Gasteiger partial charge < -0.3 is 10.2 Å². The average Bonchev–Trinajstić information content (AvgIpc) is 3.19. The van der Waals surface area contributed by atoms with Gasteiger partial charge in [0.15, 0.2) is 0 Å². The Kier molecular flexibility index (Phi) is 3.49. The highest BCUT2D eigenvalue weighted by atomic mass is 16.6. The molecular weight excluding hydrogens is 322 g/mol. The number of hydrogen-bond donors (Lipinski definition) is 1. The number of carbonyl (C=O) groups is 2. The molecule has 0 radical (unpaired) electrons. The molecule has 0 unspecified atom stereocenters. The van der Waals surface area contributed by atoms with E-state index in [1.165, 1.54) is 24.3 Å². The van der Waals surface area contributed by atoms with Crippen molar-refractivity contribution in [1.82, 2.24) is 4.90 Å². The monoisotopic (exact) mass is 337 g/mol. The van der Waals surface area contributed by atoms with Crippen LogP contribution < -0.4 is 5.32 Å². The summed E-state index contributed by atoms with van der Waals surface area (Å²) in [6.45, 7) is 0.744. The van der Waals surface area contributed by atoms with Crippen molar-refractivity contribution in [3.63, 3.8) is 0 Å². The lowest BCUT2D eigenvalue weighted by molar-refractivity contribution is -0.384. The van der Waals surface area contributed by atoms with E-state index in [9.17, 15) is 19.7 Å². The summed E-state index contributed by atoms with van der Waals surface area (Å²) in [6, 6.07) is 10.8. The molecule has 2 heterocycles. The number of anilines is 1. The van der Waals surface area contributed by atoms with Gasteiger partial charge in [-0.3, -0.25) is 19.7 Å². The maximum Gasteiger partial charge on any atom is 0.269 e. The molecule has 1 N–H and O–H groups in total. The number of nitro groups is 1. The lowest BCUT2D eigenvalue weighted by Gasteiger charge is -2.17. The Bertz CT molecular complexity index is 892. The number of nitrogens with one attached hydrogen (secondary N) is 1. The summed E-state index contributed by atoms with van der Waals surface area (Å²) in [5.74, 6) is -0.337. The number of amides is 2. The lowest BCUT2D eigenvalue weighted by Crippen LogP contribution is -2.22. The number of rotatable bonds is 3. The highest BCUT2D eigenvalue weighted by Crippen LogP contribution is 2.44. The molecule has 7 heteroatoms. The summed E-state index contributed by atoms with van der Waals surface area (Å²) in [6.07, 6.45) is 1.85. The fourth-order valence-corrected chi connectivity index (χ4v) is 3.61. The zero-order valence-electron chi connectivity index (χ0n) is 13.3. The maximum absolute atomic E-state index is 12.5. The summed E-state index contributed by atoms with van der Waals surface area (Å²) in [5.41, 5.74) is 2.41. The van der Waals surface area contributed by atoms with Crippen LogP contribution in [0.5, 0.6) is 0 Å². The SMILES string of the molecule is O=C(Nc1cccc2c1[C@H]1CCCN1C2=O)c1ccc([N+](=O)[O-])cc1. The first-order valence-corrected chi connectivity index (χ1v) is 8.06. The number of carbonyl (C=O) groups excluding carboxylic acids is 2. The van der Waals surface area contributed by atoms with Gasteiger partial charge in [-0.05, 0) is 37.1 Å². The van der Waals surface area contributed by atoms with Crippen LogP contribution in [0.1, 0.15) is 45.2 Å². The van der Waals surface area contributed by atoms with E-state index in [0.717, 1.165) is 24.9 Å². The van der Waals surface area contributed by atoms with E-state index in [0.29, 0.717) is 16.8 Å². The van der Waals surface area contributed by atoms with Crippen molar-refractivity contribution >= 4 is 23.2 Å². The van der Waals surface area contributed by atoms with Crippen LogP contribution in [0.25, 0.3) is 0 Å². The van der Waals surface area contributed by atoms with Crippen molar-refractivity contribution in [2.24, 2.45) is 0 Å². The van der Waals surface area contributed by atoms with Crippen LogP contribution in [0.4, 0.5) is 11.4 Å². The number of nitrogens with zero attached hydrogens (tertiary/aromatic N) is 2. The second-order valence-electron chi connectivity index (χ2n) is 6.18. The third-order valence-electron chi connectivity index (χ3n) is 4.77. The van der Waals surface area contributed by atoms with Gasteiger partial charge in [0.05, 0.1) is 11.0 Å². The zero-order valence-corrected chi connectivity index (χ0v) is 13.3. The van der Waals surface area contributed by atoms with Crippen molar-refractivity contribution in [1.29, 1.82) is 0 Å². The van der Waals surface area contributed by atoms with Crippen LogP contribution in [-0.4, -0.2) is 28.2 Å². The topological polar surface area (TPSA) is 92.6 Å². The smallest absolute Gasteiger partial charge is 0.269 e. The minimum absolute atomic E-state index is 0.0175. The maximum atomic E-state index is 12.5. The van der Waals surface area contributed by atoms with Gasteiger partial charge in [0.2, 0.25) is 0 Å². The van der Waals surface area contributed by atoms with Gasteiger partial charge in [0.25, 0.3) is 17.5 Å². The van der Waals surface area contributed by atoms with Gasteiger partial charge in [0, 0.05) is 41.1 Å². The van der Waals surface area contributed by atoms with Crippen LogP contribution in [-0.2, 0) is 0 Å². The Morgan fingerprint density at radius 1 is 1.20 bits per heavy atom. The Morgan fingerprint density at radius 2 is 1.96 bits per heavy atom. The quantitative estimate of drug-likeness (QED) is 0.688. The van der Waals surface area contributed by atoms with Gasteiger partial charge in [-0.2, -0.15) is 0 Å². The summed E-state index contributed by atoms with van der Waals surface area (Å²) in [5, 5.41) is 13.6. The fourth-order valence-electron chi connectivity index (χ4n) is 3.61. The fraction of sp³-hybridized carbons (Fsp3) is 0.222. The van der Waals surface area contributed by atoms with E-state index < -0.39 is 4.92 Å². The van der Waals surface area contributed by atoms with Gasteiger partial charge >= 0.3 is 0 Å². The first-order chi connectivity index (χ1) is 12.1. The molecule has 1 fully saturated rings. The third-order valence-corrected chi connectivity index (χ3v) is 4.77. The summed E-state index contributed by atoms with van der Waals surface area (Å²) >= 11 is 0. The molecule has 1 atom stereocenters. The van der Waals surface area contributed by atoms with Crippen molar-refractivity contribution in [3.8, 4) is 0 Å². The van der Waals surface area contributed by atoms with Crippen LogP contribution >= 0.6 is 0 Å². The molecule has 0 aliphatic carbocycles. The number of benzene rings is 2. The molecule has 2 aliphatic heterocycles. The summed E-state index contributed by atoms with van der Waals surface area (Å²) in [4.78, 5) is 37.0. The van der Waals surface area contributed by atoms with Gasteiger partial charge in [-0.25, -0.2) is 0 Å². The minimum Gasteiger partial charge on any atom is -0.331 e.